The van der Waals surface area contributed by atoms with Crippen molar-refractivity contribution in [3.63, 3.8) is 0 Å². The lowest BCUT2D eigenvalue weighted by atomic mass is 9.85. The van der Waals surface area contributed by atoms with Crippen molar-refractivity contribution in [2.75, 3.05) is 11.9 Å². The Kier molecular flexibility index (Phi) is 4.09. The van der Waals surface area contributed by atoms with Gasteiger partial charge in [-0.2, -0.15) is 0 Å². The molecule has 3 N–H and O–H groups in total. The van der Waals surface area contributed by atoms with Crippen molar-refractivity contribution in [3.8, 4) is 0 Å². The van der Waals surface area contributed by atoms with Crippen molar-refractivity contribution in [2.45, 2.75) is 38.1 Å². The minimum atomic E-state index is -0.935. The van der Waals surface area contributed by atoms with Crippen LogP contribution in [0.3, 0.4) is 0 Å². The summed E-state index contributed by atoms with van der Waals surface area (Å²) in [6.07, 6.45) is 1.87. The first-order chi connectivity index (χ1) is 9.41. The molecule has 1 aliphatic heterocycles. The van der Waals surface area contributed by atoms with Gasteiger partial charge in [-0.3, -0.25) is 9.59 Å². The fourth-order valence-corrected chi connectivity index (χ4v) is 2.23. The summed E-state index contributed by atoms with van der Waals surface area (Å²) in [5.41, 5.74) is 0.464. The summed E-state index contributed by atoms with van der Waals surface area (Å²) in [5.74, 6) is -0.905. The molecule has 0 bridgehead atoms. The van der Waals surface area contributed by atoms with Crippen molar-refractivity contribution >= 4 is 17.6 Å². The first-order valence-corrected chi connectivity index (χ1v) is 6.79. The Bertz CT molecular complexity index is 502. The molecule has 1 amide bonds. The standard InChI is InChI=1S/C15H20N2O3/c1-15(2,14(19)20)10-5-7-11(8-6-10)17-13(18)12-4-3-9-16-12/h5-8,12,16H,3-4,9H2,1-2H3,(H,17,18)(H,19,20). The smallest absolute Gasteiger partial charge is 0.313 e. The van der Waals surface area contributed by atoms with Crippen LogP contribution in [0, 0.1) is 0 Å². The van der Waals surface area contributed by atoms with Crippen molar-refractivity contribution in [1.29, 1.82) is 0 Å². The van der Waals surface area contributed by atoms with Crippen molar-refractivity contribution in [3.05, 3.63) is 29.8 Å². The number of benzene rings is 1. The van der Waals surface area contributed by atoms with E-state index < -0.39 is 11.4 Å². The zero-order valence-electron chi connectivity index (χ0n) is 11.8. The average molecular weight is 276 g/mol. The summed E-state index contributed by atoms with van der Waals surface area (Å²) in [7, 11) is 0. The molecule has 1 heterocycles. The number of carboxylic acid groups (broad SMARTS) is 1. The Balaban J connectivity index is 2.05. The zero-order valence-corrected chi connectivity index (χ0v) is 11.8. The van der Waals surface area contributed by atoms with E-state index in [-0.39, 0.29) is 11.9 Å². The Morgan fingerprint density at radius 1 is 1.30 bits per heavy atom. The van der Waals surface area contributed by atoms with Gasteiger partial charge in [0.15, 0.2) is 0 Å². The molecule has 5 nitrogen and oxygen atoms in total. The number of carbonyl (C=O) groups excluding carboxylic acids is 1. The summed E-state index contributed by atoms with van der Waals surface area (Å²) < 4.78 is 0. The maximum absolute atomic E-state index is 11.9. The van der Waals surface area contributed by atoms with E-state index in [1.807, 2.05) is 0 Å². The lowest BCUT2D eigenvalue weighted by Gasteiger charge is -2.20. The largest absolute Gasteiger partial charge is 0.481 e. The second-order valence-corrected chi connectivity index (χ2v) is 5.65. The number of aliphatic carboxylic acids is 1. The lowest BCUT2D eigenvalue weighted by molar-refractivity contribution is -0.142. The molecule has 0 radical (unpaired) electrons. The van der Waals surface area contributed by atoms with E-state index in [1.54, 1.807) is 38.1 Å². The molecule has 20 heavy (non-hydrogen) atoms. The molecule has 0 aliphatic carbocycles. The van der Waals surface area contributed by atoms with Gasteiger partial charge in [-0.15, -0.1) is 0 Å². The predicted octanol–water partition coefficient (Wildman–Crippen LogP) is 1.74. The van der Waals surface area contributed by atoms with Crippen LogP contribution >= 0.6 is 0 Å². The Morgan fingerprint density at radius 2 is 1.95 bits per heavy atom. The van der Waals surface area contributed by atoms with Gasteiger partial charge in [0.25, 0.3) is 0 Å². The van der Waals surface area contributed by atoms with Crippen LogP contribution in [-0.4, -0.2) is 29.6 Å². The summed E-state index contributed by atoms with van der Waals surface area (Å²) in [5, 5.41) is 15.2. The van der Waals surface area contributed by atoms with E-state index in [2.05, 4.69) is 10.6 Å². The maximum atomic E-state index is 11.9. The molecule has 1 aromatic rings. The van der Waals surface area contributed by atoms with Crippen LogP contribution in [0.1, 0.15) is 32.3 Å². The van der Waals surface area contributed by atoms with Gasteiger partial charge in [0.1, 0.15) is 0 Å². The van der Waals surface area contributed by atoms with E-state index in [0.29, 0.717) is 11.3 Å². The monoisotopic (exact) mass is 276 g/mol. The number of rotatable bonds is 4. The average Bonchev–Trinajstić information content (AvgIpc) is 2.93. The highest BCUT2D eigenvalue weighted by atomic mass is 16.4. The van der Waals surface area contributed by atoms with Gasteiger partial charge in [-0.25, -0.2) is 0 Å². The van der Waals surface area contributed by atoms with E-state index in [4.69, 9.17) is 0 Å². The highest BCUT2D eigenvalue weighted by Crippen LogP contribution is 2.25. The Labute approximate surface area is 118 Å². The zero-order chi connectivity index (χ0) is 14.8. The van der Waals surface area contributed by atoms with Crippen LogP contribution in [0.25, 0.3) is 0 Å². The Hall–Kier alpha value is -1.88. The number of amides is 1. The molecule has 0 aromatic heterocycles. The summed E-state index contributed by atoms with van der Waals surface area (Å²) in [6, 6.07) is 6.85. The number of nitrogens with one attached hydrogen (secondary N) is 2. The van der Waals surface area contributed by atoms with Gasteiger partial charge in [0.05, 0.1) is 11.5 Å². The van der Waals surface area contributed by atoms with Crippen LogP contribution in [-0.2, 0) is 15.0 Å². The fraction of sp³-hybridized carbons (Fsp3) is 0.467. The van der Waals surface area contributed by atoms with Crippen LogP contribution in [0.5, 0.6) is 0 Å². The number of anilines is 1. The van der Waals surface area contributed by atoms with Crippen molar-refractivity contribution in [1.82, 2.24) is 5.32 Å². The molecule has 1 fully saturated rings. The third-order valence-electron chi connectivity index (χ3n) is 3.79. The highest BCUT2D eigenvalue weighted by molar-refractivity contribution is 5.95. The van der Waals surface area contributed by atoms with Gasteiger partial charge in [-0.05, 0) is 50.9 Å². The lowest BCUT2D eigenvalue weighted by Crippen LogP contribution is -2.35. The summed E-state index contributed by atoms with van der Waals surface area (Å²) in [6.45, 7) is 4.20. The first-order valence-electron chi connectivity index (χ1n) is 6.79. The predicted molar refractivity (Wildman–Crippen MR) is 76.8 cm³/mol. The van der Waals surface area contributed by atoms with Gasteiger partial charge >= 0.3 is 5.97 Å². The van der Waals surface area contributed by atoms with Gasteiger partial charge < -0.3 is 15.7 Å². The highest BCUT2D eigenvalue weighted by Gasteiger charge is 2.29. The minimum absolute atomic E-state index is 0.0345. The van der Waals surface area contributed by atoms with Crippen LogP contribution in [0.2, 0.25) is 0 Å². The SMILES string of the molecule is CC(C)(C(=O)O)c1ccc(NC(=O)C2CCCN2)cc1. The topological polar surface area (TPSA) is 78.4 Å². The Morgan fingerprint density at radius 3 is 2.45 bits per heavy atom. The number of hydrogen-bond donors (Lipinski definition) is 3. The molecule has 1 saturated heterocycles. The fourth-order valence-electron chi connectivity index (χ4n) is 2.23. The molecule has 0 spiro atoms. The minimum Gasteiger partial charge on any atom is -0.481 e. The van der Waals surface area contributed by atoms with Gasteiger partial charge in [-0.1, -0.05) is 12.1 Å². The summed E-state index contributed by atoms with van der Waals surface area (Å²) >= 11 is 0. The van der Waals surface area contributed by atoms with Crippen molar-refractivity contribution in [2.24, 2.45) is 0 Å². The molecule has 0 saturated carbocycles. The van der Waals surface area contributed by atoms with Crippen LogP contribution in [0.15, 0.2) is 24.3 Å². The van der Waals surface area contributed by atoms with Gasteiger partial charge in [0.2, 0.25) is 5.91 Å². The third-order valence-corrected chi connectivity index (χ3v) is 3.79. The molecule has 1 atom stereocenters. The molecule has 5 heteroatoms. The molecular formula is C15H20N2O3. The van der Waals surface area contributed by atoms with Crippen molar-refractivity contribution < 1.29 is 14.7 Å². The van der Waals surface area contributed by atoms with Crippen LogP contribution in [0.4, 0.5) is 5.69 Å². The second kappa shape index (κ2) is 5.63. The van der Waals surface area contributed by atoms with E-state index in [1.165, 1.54) is 0 Å². The molecule has 1 unspecified atom stereocenters. The van der Waals surface area contributed by atoms with Crippen LogP contribution < -0.4 is 10.6 Å². The molecule has 108 valence electrons. The number of carbonyl (C=O) groups is 2. The number of carboxylic acids is 1. The first kappa shape index (κ1) is 14.5. The number of hydrogen-bond acceptors (Lipinski definition) is 3. The molecule has 1 aromatic carbocycles. The second-order valence-electron chi connectivity index (χ2n) is 5.65. The normalized spacial score (nSPS) is 18.8. The summed E-state index contributed by atoms with van der Waals surface area (Å²) in [4.78, 5) is 23.1. The van der Waals surface area contributed by atoms with Gasteiger partial charge in [0, 0.05) is 5.69 Å². The molecule has 2 rings (SSSR count). The van der Waals surface area contributed by atoms with E-state index in [9.17, 15) is 14.7 Å². The third kappa shape index (κ3) is 2.99. The molecule has 1 aliphatic rings. The maximum Gasteiger partial charge on any atom is 0.313 e. The van der Waals surface area contributed by atoms with E-state index in [0.717, 1.165) is 19.4 Å². The molecular weight excluding hydrogens is 256 g/mol. The van der Waals surface area contributed by atoms with E-state index >= 15 is 0 Å². The quantitative estimate of drug-likeness (QED) is 0.782.